The van der Waals surface area contributed by atoms with E-state index in [0.717, 1.165) is 25.3 Å². The lowest BCUT2D eigenvalue weighted by atomic mass is 10.1. The van der Waals surface area contributed by atoms with Gasteiger partial charge in [-0.2, -0.15) is 0 Å². The normalized spacial score (nSPS) is 12.4. The van der Waals surface area contributed by atoms with Crippen LogP contribution in [0.15, 0.2) is 18.2 Å². The fourth-order valence-electron chi connectivity index (χ4n) is 2.09. The van der Waals surface area contributed by atoms with E-state index in [2.05, 4.69) is 51.2 Å². The van der Waals surface area contributed by atoms with Crippen molar-refractivity contribution in [1.82, 2.24) is 5.32 Å². The van der Waals surface area contributed by atoms with Gasteiger partial charge in [-0.1, -0.05) is 32.4 Å². The Hall–Kier alpha value is -1.06. The van der Waals surface area contributed by atoms with Gasteiger partial charge in [0.15, 0.2) is 0 Å². The highest BCUT2D eigenvalue weighted by Gasteiger charge is 2.06. The number of ether oxygens (including phenoxy) is 2. The molecule has 3 heteroatoms. The van der Waals surface area contributed by atoms with Gasteiger partial charge in [0.05, 0.1) is 6.61 Å². The zero-order valence-corrected chi connectivity index (χ0v) is 13.4. The molecule has 1 N–H and O–H groups in total. The van der Waals surface area contributed by atoms with E-state index < -0.39 is 0 Å². The summed E-state index contributed by atoms with van der Waals surface area (Å²) in [5.74, 6) is 0.955. The number of aryl methyl sites for hydroxylation is 1. The van der Waals surface area contributed by atoms with Crippen LogP contribution in [-0.2, 0) is 4.74 Å². The van der Waals surface area contributed by atoms with E-state index in [9.17, 15) is 0 Å². The Morgan fingerprint density at radius 2 is 1.95 bits per heavy atom. The van der Waals surface area contributed by atoms with E-state index in [0.29, 0.717) is 19.3 Å². The molecular weight excluding hydrogens is 250 g/mol. The number of benzene rings is 1. The molecule has 0 spiro atoms. The van der Waals surface area contributed by atoms with E-state index in [4.69, 9.17) is 9.47 Å². The fourth-order valence-corrected chi connectivity index (χ4v) is 2.09. The van der Waals surface area contributed by atoms with Crippen molar-refractivity contribution >= 4 is 0 Å². The van der Waals surface area contributed by atoms with Gasteiger partial charge in [-0.3, -0.25) is 0 Å². The van der Waals surface area contributed by atoms with Crippen molar-refractivity contribution < 1.29 is 9.47 Å². The van der Waals surface area contributed by atoms with Crippen molar-refractivity contribution in [3.63, 3.8) is 0 Å². The molecular formula is C17H29NO2. The first-order valence-electron chi connectivity index (χ1n) is 7.73. The largest absolute Gasteiger partial charge is 0.491 e. The maximum absolute atomic E-state index is 5.77. The summed E-state index contributed by atoms with van der Waals surface area (Å²) in [5, 5.41) is 3.42. The molecule has 1 unspecified atom stereocenters. The van der Waals surface area contributed by atoms with Crippen LogP contribution in [0.4, 0.5) is 0 Å². The molecule has 20 heavy (non-hydrogen) atoms. The highest BCUT2D eigenvalue weighted by molar-refractivity contribution is 5.37. The summed E-state index contributed by atoms with van der Waals surface area (Å²) in [6.07, 6.45) is 2.29. The molecule has 1 aromatic rings. The third-order valence-corrected chi connectivity index (χ3v) is 3.34. The van der Waals surface area contributed by atoms with Crippen molar-refractivity contribution in [3.05, 3.63) is 29.3 Å². The van der Waals surface area contributed by atoms with Crippen LogP contribution < -0.4 is 10.1 Å². The van der Waals surface area contributed by atoms with E-state index in [1.807, 2.05) is 0 Å². The first-order chi connectivity index (χ1) is 9.69. The summed E-state index contributed by atoms with van der Waals surface area (Å²) < 4.78 is 11.3. The molecule has 0 aromatic heterocycles. The summed E-state index contributed by atoms with van der Waals surface area (Å²) in [6.45, 7) is 11.7. The summed E-state index contributed by atoms with van der Waals surface area (Å²) in [7, 11) is 0. The summed E-state index contributed by atoms with van der Waals surface area (Å²) in [4.78, 5) is 0. The van der Waals surface area contributed by atoms with Gasteiger partial charge in [-0.25, -0.2) is 0 Å². The smallest absolute Gasteiger partial charge is 0.122 e. The van der Waals surface area contributed by atoms with Crippen LogP contribution in [0.2, 0.25) is 0 Å². The first-order valence-corrected chi connectivity index (χ1v) is 7.73. The van der Waals surface area contributed by atoms with E-state index in [1.54, 1.807) is 0 Å². The number of rotatable bonds is 10. The standard InChI is InChI=1S/C17H29NO2/c1-5-7-10-19-11-12-20-17-9-8-16(13-14(17)3)15(4)18-6-2/h8-9,13,15,18H,5-7,10-12H2,1-4H3. The minimum absolute atomic E-state index is 0.380. The molecule has 0 heterocycles. The maximum atomic E-state index is 5.77. The second-order valence-electron chi connectivity index (χ2n) is 5.12. The molecule has 0 aliphatic rings. The number of nitrogens with one attached hydrogen (secondary N) is 1. The molecule has 0 aliphatic carbocycles. The Morgan fingerprint density at radius 3 is 2.60 bits per heavy atom. The predicted octanol–water partition coefficient (Wildman–Crippen LogP) is 3.86. The Morgan fingerprint density at radius 1 is 1.15 bits per heavy atom. The van der Waals surface area contributed by atoms with Crippen LogP contribution in [0.25, 0.3) is 0 Å². The molecule has 0 amide bonds. The van der Waals surface area contributed by atoms with Gasteiger partial charge < -0.3 is 14.8 Å². The molecule has 0 saturated carbocycles. The zero-order valence-electron chi connectivity index (χ0n) is 13.4. The summed E-state index contributed by atoms with van der Waals surface area (Å²) in [6, 6.07) is 6.77. The van der Waals surface area contributed by atoms with Gasteiger partial charge in [0.1, 0.15) is 12.4 Å². The highest BCUT2D eigenvalue weighted by atomic mass is 16.5. The molecule has 3 nitrogen and oxygen atoms in total. The molecule has 0 saturated heterocycles. The molecule has 0 fully saturated rings. The second kappa shape index (κ2) is 9.78. The zero-order chi connectivity index (χ0) is 14.8. The van der Waals surface area contributed by atoms with Crippen LogP contribution in [0.1, 0.15) is 50.8 Å². The monoisotopic (exact) mass is 279 g/mol. The molecule has 114 valence electrons. The molecule has 0 aliphatic heterocycles. The summed E-state index contributed by atoms with van der Waals surface area (Å²) >= 11 is 0. The average molecular weight is 279 g/mol. The van der Waals surface area contributed by atoms with Crippen LogP contribution in [0.5, 0.6) is 5.75 Å². The van der Waals surface area contributed by atoms with Gasteiger partial charge >= 0.3 is 0 Å². The number of hydrogen-bond donors (Lipinski definition) is 1. The minimum atomic E-state index is 0.380. The van der Waals surface area contributed by atoms with Gasteiger partial charge in [0.2, 0.25) is 0 Å². The lowest BCUT2D eigenvalue weighted by molar-refractivity contribution is 0.0978. The van der Waals surface area contributed by atoms with Crippen LogP contribution in [0.3, 0.4) is 0 Å². The molecule has 1 rings (SSSR count). The Kier molecular flexibility index (Phi) is 8.31. The second-order valence-corrected chi connectivity index (χ2v) is 5.12. The third-order valence-electron chi connectivity index (χ3n) is 3.34. The van der Waals surface area contributed by atoms with Crippen LogP contribution in [-0.4, -0.2) is 26.4 Å². The van der Waals surface area contributed by atoms with Crippen molar-refractivity contribution in [1.29, 1.82) is 0 Å². The predicted molar refractivity (Wildman–Crippen MR) is 84.5 cm³/mol. The molecule has 1 aromatic carbocycles. The summed E-state index contributed by atoms with van der Waals surface area (Å²) in [5.41, 5.74) is 2.48. The van der Waals surface area contributed by atoms with E-state index in [1.165, 1.54) is 17.5 Å². The molecule has 0 radical (unpaired) electrons. The van der Waals surface area contributed by atoms with Gasteiger partial charge in [0, 0.05) is 12.6 Å². The van der Waals surface area contributed by atoms with E-state index >= 15 is 0 Å². The Balaban J connectivity index is 2.39. The lowest BCUT2D eigenvalue weighted by Crippen LogP contribution is -2.17. The third kappa shape index (κ3) is 5.93. The van der Waals surface area contributed by atoms with Crippen molar-refractivity contribution in [2.45, 2.75) is 46.6 Å². The Bertz CT molecular complexity index is 379. The van der Waals surface area contributed by atoms with Gasteiger partial charge in [-0.15, -0.1) is 0 Å². The lowest BCUT2D eigenvalue weighted by Gasteiger charge is -2.15. The fraction of sp³-hybridized carbons (Fsp3) is 0.647. The number of hydrogen-bond acceptors (Lipinski definition) is 3. The van der Waals surface area contributed by atoms with Crippen molar-refractivity contribution in [2.24, 2.45) is 0 Å². The van der Waals surface area contributed by atoms with Crippen LogP contribution in [0, 0.1) is 6.92 Å². The van der Waals surface area contributed by atoms with E-state index in [-0.39, 0.29) is 0 Å². The Labute approximate surface area is 123 Å². The molecule has 1 atom stereocenters. The SMILES string of the molecule is CCCCOCCOc1ccc(C(C)NCC)cc1C. The molecule has 0 bridgehead atoms. The quantitative estimate of drug-likeness (QED) is 0.660. The minimum Gasteiger partial charge on any atom is -0.491 e. The van der Waals surface area contributed by atoms with Crippen molar-refractivity contribution in [3.8, 4) is 5.75 Å². The van der Waals surface area contributed by atoms with Gasteiger partial charge in [0.25, 0.3) is 0 Å². The van der Waals surface area contributed by atoms with Gasteiger partial charge in [-0.05, 0) is 44.0 Å². The topological polar surface area (TPSA) is 30.5 Å². The average Bonchev–Trinajstić information content (AvgIpc) is 2.44. The maximum Gasteiger partial charge on any atom is 0.122 e. The van der Waals surface area contributed by atoms with Crippen LogP contribution >= 0.6 is 0 Å². The number of unbranched alkanes of at least 4 members (excludes halogenated alkanes) is 1. The first kappa shape index (κ1) is 17.0. The highest BCUT2D eigenvalue weighted by Crippen LogP contribution is 2.22. The van der Waals surface area contributed by atoms with Crippen molar-refractivity contribution in [2.75, 3.05) is 26.4 Å².